The molecule has 0 radical (unpaired) electrons. The Morgan fingerprint density at radius 1 is 1.15 bits per heavy atom. The second-order valence-electron chi connectivity index (χ2n) is 4.48. The quantitative estimate of drug-likeness (QED) is 0.751. The number of aromatic nitrogens is 1. The SMILES string of the molecule is NCCc1ccc(CNC(=O)c2cc[nH]c(=O)c2)cc1. The Morgan fingerprint density at radius 2 is 1.85 bits per heavy atom. The smallest absolute Gasteiger partial charge is 0.251 e. The van der Waals surface area contributed by atoms with Crippen LogP contribution in [-0.4, -0.2) is 17.4 Å². The Hall–Kier alpha value is -2.40. The summed E-state index contributed by atoms with van der Waals surface area (Å²) in [6.45, 7) is 1.05. The average Bonchev–Trinajstić information content (AvgIpc) is 2.46. The van der Waals surface area contributed by atoms with Crippen LogP contribution in [-0.2, 0) is 13.0 Å². The molecule has 0 atom stereocenters. The molecule has 0 fully saturated rings. The lowest BCUT2D eigenvalue weighted by Gasteiger charge is -2.06. The zero-order chi connectivity index (χ0) is 14.4. The van der Waals surface area contributed by atoms with Gasteiger partial charge in [-0.15, -0.1) is 0 Å². The van der Waals surface area contributed by atoms with E-state index in [0.29, 0.717) is 18.7 Å². The Bertz CT molecular complexity index is 632. The first-order valence-corrected chi connectivity index (χ1v) is 6.44. The number of amides is 1. The van der Waals surface area contributed by atoms with Gasteiger partial charge in [0, 0.05) is 24.4 Å². The monoisotopic (exact) mass is 271 g/mol. The van der Waals surface area contributed by atoms with Crippen LogP contribution in [0, 0.1) is 0 Å². The summed E-state index contributed by atoms with van der Waals surface area (Å²) in [5.41, 5.74) is 7.74. The van der Waals surface area contributed by atoms with Crippen molar-refractivity contribution in [2.75, 3.05) is 6.54 Å². The number of aromatic amines is 1. The summed E-state index contributed by atoms with van der Waals surface area (Å²) in [7, 11) is 0. The highest BCUT2D eigenvalue weighted by Gasteiger charge is 2.05. The lowest BCUT2D eigenvalue weighted by Crippen LogP contribution is -2.24. The summed E-state index contributed by atoms with van der Waals surface area (Å²) in [5.74, 6) is -0.262. The van der Waals surface area contributed by atoms with Crippen molar-refractivity contribution >= 4 is 5.91 Å². The van der Waals surface area contributed by atoms with Crippen LogP contribution in [0.2, 0.25) is 0 Å². The molecule has 0 spiro atoms. The number of H-pyrrole nitrogens is 1. The Labute approximate surface area is 116 Å². The molecule has 104 valence electrons. The van der Waals surface area contributed by atoms with Crippen molar-refractivity contribution in [2.45, 2.75) is 13.0 Å². The van der Waals surface area contributed by atoms with Crippen LogP contribution in [0.5, 0.6) is 0 Å². The van der Waals surface area contributed by atoms with E-state index in [1.807, 2.05) is 24.3 Å². The van der Waals surface area contributed by atoms with Crippen molar-refractivity contribution in [2.24, 2.45) is 5.73 Å². The van der Waals surface area contributed by atoms with E-state index >= 15 is 0 Å². The maximum atomic E-state index is 11.9. The highest BCUT2D eigenvalue weighted by Crippen LogP contribution is 2.05. The number of pyridine rings is 1. The van der Waals surface area contributed by atoms with Gasteiger partial charge in [-0.2, -0.15) is 0 Å². The number of carbonyl (C=O) groups excluding carboxylic acids is 1. The summed E-state index contributed by atoms with van der Waals surface area (Å²) >= 11 is 0. The largest absolute Gasteiger partial charge is 0.348 e. The Morgan fingerprint density at radius 3 is 2.50 bits per heavy atom. The summed E-state index contributed by atoms with van der Waals surface area (Å²) in [4.78, 5) is 25.5. The first-order valence-electron chi connectivity index (χ1n) is 6.44. The predicted molar refractivity (Wildman–Crippen MR) is 77.4 cm³/mol. The van der Waals surface area contributed by atoms with Gasteiger partial charge >= 0.3 is 0 Å². The van der Waals surface area contributed by atoms with Gasteiger partial charge in [-0.05, 0) is 30.2 Å². The van der Waals surface area contributed by atoms with E-state index in [4.69, 9.17) is 5.73 Å². The van der Waals surface area contributed by atoms with Crippen LogP contribution in [0.3, 0.4) is 0 Å². The molecular weight excluding hydrogens is 254 g/mol. The van der Waals surface area contributed by atoms with Gasteiger partial charge in [-0.1, -0.05) is 24.3 Å². The van der Waals surface area contributed by atoms with Crippen LogP contribution in [0.25, 0.3) is 0 Å². The van der Waals surface area contributed by atoms with E-state index in [1.54, 1.807) is 6.07 Å². The van der Waals surface area contributed by atoms with Crippen molar-refractivity contribution in [3.05, 3.63) is 69.6 Å². The molecule has 1 aromatic carbocycles. The van der Waals surface area contributed by atoms with Crippen molar-refractivity contribution in [1.29, 1.82) is 0 Å². The Kier molecular flexibility index (Phi) is 4.68. The van der Waals surface area contributed by atoms with E-state index in [1.165, 1.54) is 17.8 Å². The minimum Gasteiger partial charge on any atom is -0.348 e. The molecule has 1 amide bonds. The average molecular weight is 271 g/mol. The third kappa shape index (κ3) is 3.80. The fourth-order valence-electron chi connectivity index (χ4n) is 1.86. The molecule has 0 aliphatic carbocycles. The summed E-state index contributed by atoms with van der Waals surface area (Å²) in [5, 5.41) is 2.78. The number of nitrogens with two attached hydrogens (primary N) is 1. The highest BCUT2D eigenvalue weighted by molar-refractivity contribution is 5.93. The number of benzene rings is 1. The Balaban J connectivity index is 1.94. The van der Waals surface area contributed by atoms with E-state index in [9.17, 15) is 9.59 Å². The molecule has 5 heteroatoms. The van der Waals surface area contributed by atoms with Crippen molar-refractivity contribution in [3.63, 3.8) is 0 Å². The first kappa shape index (κ1) is 14.0. The van der Waals surface area contributed by atoms with Gasteiger partial charge in [0.15, 0.2) is 0 Å². The fourth-order valence-corrected chi connectivity index (χ4v) is 1.86. The van der Waals surface area contributed by atoms with Gasteiger partial charge < -0.3 is 16.0 Å². The normalized spacial score (nSPS) is 10.2. The van der Waals surface area contributed by atoms with Gasteiger partial charge in [0.2, 0.25) is 5.56 Å². The standard InChI is InChI=1S/C15H17N3O2/c16-7-5-11-1-3-12(4-2-11)10-18-15(20)13-6-8-17-14(19)9-13/h1-4,6,8-9H,5,7,10,16H2,(H,17,19)(H,18,20). The van der Waals surface area contributed by atoms with Crippen molar-refractivity contribution in [3.8, 4) is 0 Å². The van der Waals surface area contributed by atoms with Crippen LogP contribution < -0.4 is 16.6 Å². The van der Waals surface area contributed by atoms with Gasteiger partial charge in [-0.25, -0.2) is 0 Å². The maximum absolute atomic E-state index is 11.9. The molecular formula is C15H17N3O2. The summed E-state index contributed by atoms with van der Waals surface area (Å²) in [6, 6.07) is 10.8. The van der Waals surface area contributed by atoms with Gasteiger partial charge in [-0.3, -0.25) is 9.59 Å². The van der Waals surface area contributed by atoms with Crippen LogP contribution in [0.1, 0.15) is 21.5 Å². The minimum absolute atomic E-state index is 0.262. The first-order chi connectivity index (χ1) is 9.69. The molecule has 0 unspecified atom stereocenters. The summed E-state index contributed by atoms with van der Waals surface area (Å²) in [6.07, 6.45) is 2.30. The van der Waals surface area contributed by atoms with Crippen LogP contribution in [0.4, 0.5) is 0 Å². The van der Waals surface area contributed by atoms with Gasteiger partial charge in [0.05, 0.1) is 0 Å². The summed E-state index contributed by atoms with van der Waals surface area (Å²) < 4.78 is 0. The molecule has 0 bridgehead atoms. The molecule has 0 saturated carbocycles. The van der Waals surface area contributed by atoms with E-state index in [0.717, 1.165) is 12.0 Å². The molecule has 1 heterocycles. The lowest BCUT2D eigenvalue weighted by molar-refractivity contribution is 0.0950. The second kappa shape index (κ2) is 6.68. The predicted octanol–water partition coefficient (Wildman–Crippen LogP) is 0.806. The number of hydrogen-bond acceptors (Lipinski definition) is 3. The lowest BCUT2D eigenvalue weighted by atomic mass is 10.1. The van der Waals surface area contributed by atoms with Gasteiger partial charge in [0.25, 0.3) is 5.91 Å². The van der Waals surface area contributed by atoms with Crippen LogP contribution in [0.15, 0.2) is 47.4 Å². The zero-order valence-corrected chi connectivity index (χ0v) is 11.1. The van der Waals surface area contributed by atoms with Crippen molar-refractivity contribution in [1.82, 2.24) is 10.3 Å². The molecule has 0 aliphatic heterocycles. The topological polar surface area (TPSA) is 88.0 Å². The number of hydrogen-bond donors (Lipinski definition) is 3. The van der Waals surface area contributed by atoms with E-state index in [2.05, 4.69) is 10.3 Å². The van der Waals surface area contributed by atoms with Crippen molar-refractivity contribution < 1.29 is 4.79 Å². The number of carbonyl (C=O) groups is 1. The van der Waals surface area contributed by atoms with E-state index < -0.39 is 0 Å². The third-order valence-electron chi connectivity index (χ3n) is 2.95. The molecule has 5 nitrogen and oxygen atoms in total. The molecule has 20 heavy (non-hydrogen) atoms. The number of rotatable bonds is 5. The maximum Gasteiger partial charge on any atom is 0.251 e. The molecule has 0 saturated heterocycles. The molecule has 2 aromatic rings. The zero-order valence-electron chi connectivity index (χ0n) is 11.1. The number of nitrogens with one attached hydrogen (secondary N) is 2. The minimum atomic E-state index is -0.288. The molecule has 4 N–H and O–H groups in total. The fraction of sp³-hybridized carbons (Fsp3) is 0.200. The van der Waals surface area contributed by atoms with E-state index in [-0.39, 0.29) is 11.5 Å². The van der Waals surface area contributed by atoms with Crippen LogP contribution >= 0.6 is 0 Å². The highest BCUT2D eigenvalue weighted by atomic mass is 16.2. The second-order valence-corrected chi connectivity index (χ2v) is 4.48. The third-order valence-corrected chi connectivity index (χ3v) is 2.95. The van der Waals surface area contributed by atoms with Gasteiger partial charge in [0.1, 0.15) is 0 Å². The molecule has 2 rings (SSSR count). The molecule has 1 aromatic heterocycles. The molecule has 0 aliphatic rings.